The van der Waals surface area contributed by atoms with Crippen LogP contribution in [0.15, 0.2) is 18.3 Å². The zero-order valence-electron chi connectivity index (χ0n) is 15.5. The summed E-state index contributed by atoms with van der Waals surface area (Å²) in [4.78, 5) is 18.4. The number of rotatable bonds is 6. The number of fused-ring (bicyclic) bond motifs is 2. The van der Waals surface area contributed by atoms with Gasteiger partial charge in [0.25, 0.3) is 5.91 Å². The van der Waals surface area contributed by atoms with Crippen molar-refractivity contribution in [3.8, 4) is 0 Å². The van der Waals surface area contributed by atoms with Crippen molar-refractivity contribution in [3.63, 3.8) is 0 Å². The Bertz CT molecular complexity index is 636. The van der Waals surface area contributed by atoms with Crippen molar-refractivity contribution in [2.75, 3.05) is 26.7 Å². The van der Waals surface area contributed by atoms with E-state index < -0.39 is 5.91 Å². The summed E-state index contributed by atoms with van der Waals surface area (Å²) in [5, 5.41) is 0. The average molecular weight is 380 g/mol. The zero-order chi connectivity index (χ0) is 17.4. The lowest BCUT2D eigenvalue weighted by molar-refractivity contribution is -0.169. The second kappa shape index (κ2) is 7.83. The average Bonchev–Trinajstić information content (AvgIpc) is 3.43. The van der Waals surface area contributed by atoms with Gasteiger partial charge in [0.1, 0.15) is 11.3 Å². The minimum atomic E-state index is -0.472. The molecule has 3 atom stereocenters. The summed E-state index contributed by atoms with van der Waals surface area (Å²) in [6, 6.07) is 3.87. The summed E-state index contributed by atoms with van der Waals surface area (Å²) in [6.07, 6.45) is 9.53. The van der Waals surface area contributed by atoms with Crippen molar-refractivity contribution in [1.82, 2.24) is 9.88 Å². The topological polar surface area (TPSA) is 68.5 Å². The number of primary amides is 1. The van der Waals surface area contributed by atoms with Crippen LogP contribution in [-0.4, -0.2) is 42.5 Å². The molecule has 5 nitrogen and oxygen atoms in total. The van der Waals surface area contributed by atoms with E-state index in [0.29, 0.717) is 17.5 Å². The van der Waals surface area contributed by atoms with Gasteiger partial charge < -0.3 is 15.4 Å². The Labute approximate surface area is 162 Å². The monoisotopic (exact) mass is 379 g/mol. The Morgan fingerprint density at radius 1 is 1.31 bits per heavy atom. The maximum absolute atomic E-state index is 11.6. The number of halogens is 1. The van der Waals surface area contributed by atoms with Gasteiger partial charge in [-0.1, -0.05) is 19.3 Å². The number of nitrogens with zero attached hydrogens (tertiary/aromatic N) is 2. The van der Waals surface area contributed by atoms with Crippen LogP contribution in [0.4, 0.5) is 0 Å². The summed E-state index contributed by atoms with van der Waals surface area (Å²) < 4.78 is 6.25. The van der Waals surface area contributed by atoms with Gasteiger partial charge in [-0.05, 0) is 49.4 Å². The molecule has 2 heterocycles. The molecule has 0 aromatic carbocycles. The molecule has 0 spiro atoms. The van der Waals surface area contributed by atoms with Crippen LogP contribution in [-0.2, 0) is 10.3 Å². The standard InChI is InChI=1S/C20H29N3O2.ClH/c1-25-20(15-7-9-22-18(11-15)19(21)24)16-3-2-4-17(20)13-23(12-16)10-8-14-5-6-14;/h7,9,11,14,16-17H,2-6,8,10,12-13H2,1H3,(H2,21,24);1H/t16-,17+,20+;. The van der Waals surface area contributed by atoms with E-state index in [1.54, 1.807) is 6.20 Å². The minimum absolute atomic E-state index is 0. The fourth-order valence-corrected chi connectivity index (χ4v) is 5.21. The number of hydrogen-bond acceptors (Lipinski definition) is 4. The fraction of sp³-hybridized carbons (Fsp3) is 0.700. The maximum Gasteiger partial charge on any atom is 0.267 e. The van der Waals surface area contributed by atoms with Crippen molar-refractivity contribution < 1.29 is 9.53 Å². The molecule has 2 aliphatic carbocycles. The summed E-state index contributed by atoms with van der Waals surface area (Å²) in [5.74, 6) is 1.44. The highest BCUT2D eigenvalue weighted by Crippen LogP contribution is 2.51. The maximum atomic E-state index is 11.6. The van der Waals surface area contributed by atoms with Crippen LogP contribution in [0.3, 0.4) is 0 Å². The normalized spacial score (nSPS) is 31.3. The number of nitrogens with two attached hydrogens (primary N) is 1. The van der Waals surface area contributed by atoms with Crippen molar-refractivity contribution in [3.05, 3.63) is 29.6 Å². The number of pyridine rings is 1. The molecule has 26 heavy (non-hydrogen) atoms. The first-order valence-electron chi connectivity index (χ1n) is 9.67. The van der Waals surface area contributed by atoms with E-state index in [1.807, 2.05) is 19.2 Å². The van der Waals surface area contributed by atoms with Crippen molar-refractivity contribution in [2.24, 2.45) is 23.5 Å². The first-order chi connectivity index (χ1) is 12.1. The Morgan fingerprint density at radius 2 is 2.00 bits per heavy atom. The van der Waals surface area contributed by atoms with Gasteiger partial charge in [-0.3, -0.25) is 9.78 Å². The highest BCUT2D eigenvalue weighted by atomic mass is 35.5. The number of piperidine rings is 1. The van der Waals surface area contributed by atoms with Crippen LogP contribution in [0.25, 0.3) is 0 Å². The lowest BCUT2D eigenvalue weighted by Gasteiger charge is -2.55. The van der Waals surface area contributed by atoms with E-state index in [1.165, 1.54) is 45.1 Å². The van der Waals surface area contributed by atoms with Crippen LogP contribution in [0, 0.1) is 17.8 Å². The Kier molecular flexibility index (Phi) is 5.90. The van der Waals surface area contributed by atoms with Crippen LogP contribution < -0.4 is 5.73 Å². The molecule has 6 heteroatoms. The van der Waals surface area contributed by atoms with E-state index in [2.05, 4.69) is 9.88 Å². The molecule has 2 bridgehead atoms. The predicted molar refractivity (Wildman–Crippen MR) is 103 cm³/mol. The first kappa shape index (κ1) is 19.6. The highest BCUT2D eigenvalue weighted by Gasteiger charge is 2.53. The molecule has 2 saturated carbocycles. The van der Waals surface area contributed by atoms with Crippen LogP contribution in [0.1, 0.15) is 54.6 Å². The number of hydrogen-bond donors (Lipinski definition) is 1. The molecule has 1 aromatic rings. The number of carbonyl (C=O) groups excluding carboxylic acids is 1. The van der Waals surface area contributed by atoms with Crippen LogP contribution in [0.5, 0.6) is 0 Å². The SMILES string of the molecule is CO[C@@]1(c2ccnc(C(N)=O)c2)[C@@H]2CCC[C@H]1CN(CCC1CC1)C2.Cl. The van der Waals surface area contributed by atoms with Gasteiger partial charge in [-0.25, -0.2) is 0 Å². The molecule has 3 aliphatic rings. The van der Waals surface area contributed by atoms with Crippen LogP contribution >= 0.6 is 12.4 Å². The lowest BCUT2D eigenvalue weighted by atomic mass is 9.62. The van der Waals surface area contributed by atoms with E-state index >= 15 is 0 Å². The Balaban J connectivity index is 0.00000196. The number of amides is 1. The molecule has 1 aliphatic heterocycles. The number of carbonyl (C=O) groups is 1. The molecule has 1 aromatic heterocycles. The lowest BCUT2D eigenvalue weighted by Crippen LogP contribution is -2.59. The highest BCUT2D eigenvalue weighted by molar-refractivity contribution is 5.90. The largest absolute Gasteiger partial charge is 0.373 e. The van der Waals surface area contributed by atoms with Gasteiger partial charge in [0, 0.05) is 38.2 Å². The number of aromatic nitrogens is 1. The van der Waals surface area contributed by atoms with E-state index in [4.69, 9.17) is 10.5 Å². The molecular formula is C20H30ClN3O2. The van der Waals surface area contributed by atoms with Crippen molar-refractivity contribution in [1.29, 1.82) is 0 Å². The summed E-state index contributed by atoms with van der Waals surface area (Å²) in [5.41, 5.74) is 6.57. The van der Waals surface area contributed by atoms with Gasteiger partial charge >= 0.3 is 0 Å². The Morgan fingerprint density at radius 3 is 2.58 bits per heavy atom. The molecule has 144 valence electrons. The number of likely N-dealkylation sites (tertiary alicyclic amines) is 1. The molecular weight excluding hydrogens is 350 g/mol. The summed E-state index contributed by atoms with van der Waals surface area (Å²) in [6.45, 7) is 3.40. The van der Waals surface area contributed by atoms with Gasteiger partial charge in [0.2, 0.25) is 0 Å². The molecule has 0 unspecified atom stereocenters. The first-order valence-corrected chi connectivity index (χ1v) is 9.67. The zero-order valence-corrected chi connectivity index (χ0v) is 16.3. The third-order valence-electron chi connectivity index (χ3n) is 6.63. The van der Waals surface area contributed by atoms with Crippen LogP contribution in [0.2, 0.25) is 0 Å². The second-order valence-corrected chi connectivity index (χ2v) is 8.11. The van der Waals surface area contributed by atoms with E-state index in [0.717, 1.165) is 24.6 Å². The minimum Gasteiger partial charge on any atom is -0.373 e. The smallest absolute Gasteiger partial charge is 0.267 e. The van der Waals surface area contributed by atoms with Gasteiger partial charge in [-0.15, -0.1) is 12.4 Å². The second-order valence-electron chi connectivity index (χ2n) is 8.11. The molecule has 0 radical (unpaired) electrons. The van der Waals surface area contributed by atoms with Gasteiger partial charge in [0.05, 0.1) is 0 Å². The summed E-state index contributed by atoms with van der Waals surface area (Å²) in [7, 11) is 1.83. The van der Waals surface area contributed by atoms with Gasteiger partial charge in [-0.2, -0.15) is 0 Å². The van der Waals surface area contributed by atoms with Crippen molar-refractivity contribution in [2.45, 2.75) is 44.1 Å². The quantitative estimate of drug-likeness (QED) is 0.825. The third-order valence-corrected chi connectivity index (χ3v) is 6.63. The molecule has 1 amide bonds. The van der Waals surface area contributed by atoms with E-state index in [-0.39, 0.29) is 18.0 Å². The van der Waals surface area contributed by atoms with Gasteiger partial charge in [0.15, 0.2) is 0 Å². The predicted octanol–water partition coefficient (Wildman–Crippen LogP) is 2.98. The molecule has 1 saturated heterocycles. The third kappa shape index (κ3) is 3.49. The molecule has 3 fully saturated rings. The fourth-order valence-electron chi connectivity index (χ4n) is 5.21. The molecule has 4 rings (SSSR count). The van der Waals surface area contributed by atoms with Crippen molar-refractivity contribution >= 4 is 18.3 Å². The molecule has 2 N–H and O–H groups in total. The number of methoxy groups -OCH3 is 1. The number of ether oxygens (including phenoxy) is 1. The summed E-state index contributed by atoms with van der Waals surface area (Å²) >= 11 is 0. The van der Waals surface area contributed by atoms with E-state index in [9.17, 15) is 4.79 Å². The Hall–Kier alpha value is -1.17.